The van der Waals surface area contributed by atoms with Crippen molar-refractivity contribution >= 4 is 27.5 Å². The lowest BCUT2D eigenvalue weighted by atomic mass is 10.1. The molecule has 3 aromatic rings. The zero-order valence-electron chi connectivity index (χ0n) is 17.8. The van der Waals surface area contributed by atoms with E-state index in [1.807, 2.05) is 0 Å². The van der Waals surface area contributed by atoms with Crippen LogP contribution in [-0.4, -0.2) is 53.8 Å². The Bertz CT molecular complexity index is 1290. The standard InChI is InChI=1S/C19H20F3N5O5S/c1-4-31-8-9-32-16(28)13-7-5-6-11(2)15(13)26-33(29,30)18-24-17-23-12(3)10-14(19(20,21)22)27(17)25-18/h5-7,10,26H,4,8-9H2,1-3H3. The number of aryl methyl sites for hydroxylation is 2. The van der Waals surface area contributed by atoms with E-state index in [0.717, 1.165) is 6.07 Å². The summed E-state index contributed by atoms with van der Waals surface area (Å²) < 4.78 is 78.6. The third-order valence-electron chi connectivity index (χ3n) is 4.35. The lowest BCUT2D eigenvalue weighted by Gasteiger charge is -2.13. The number of nitrogens with zero attached hydrogens (tertiary/aromatic N) is 4. The van der Waals surface area contributed by atoms with E-state index in [9.17, 15) is 26.4 Å². The minimum absolute atomic E-state index is 0.0184. The molecule has 0 fully saturated rings. The quantitative estimate of drug-likeness (QED) is 0.380. The van der Waals surface area contributed by atoms with E-state index >= 15 is 0 Å². The largest absolute Gasteiger partial charge is 0.460 e. The highest BCUT2D eigenvalue weighted by atomic mass is 32.2. The van der Waals surface area contributed by atoms with Crippen LogP contribution < -0.4 is 4.72 Å². The average Bonchev–Trinajstić information content (AvgIpc) is 3.16. The van der Waals surface area contributed by atoms with Crippen LogP contribution in [0.1, 0.15) is 34.2 Å². The minimum Gasteiger partial charge on any atom is -0.460 e. The molecule has 3 rings (SSSR count). The number of fused-ring (bicyclic) bond motifs is 1. The van der Waals surface area contributed by atoms with Gasteiger partial charge in [-0.3, -0.25) is 4.72 Å². The summed E-state index contributed by atoms with van der Waals surface area (Å²) in [7, 11) is -4.59. The summed E-state index contributed by atoms with van der Waals surface area (Å²) >= 11 is 0. The van der Waals surface area contributed by atoms with Crippen LogP contribution in [0.4, 0.5) is 18.9 Å². The molecule has 0 spiro atoms. The first kappa shape index (κ1) is 24.4. The van der Waals surface area contributed by atoms with E-state index in [4.69, 9.17) is 9.47 Å². The van der Waals surface area contributed by atoms with Crippen molar-refractivity contribution in [3.05, 3.63) is 46.8 Å². The highest BCUT2D eigenvalue weighted by Gasteiger charge is 2.36. The molecule has 33 heavy (non-hydrogen) atoms. The van der Waals surface area contributed by atoms with Gasteiger partial charge in [0.2, 0.25) is 0 Å². The zero-order valence-corrected chi connectivity index (χ0v) is 18.6. The van der Waals surface area contributed by atoms with E-state index in [2.05, 4.69) is 19.8 Å². The van der Waals surface area contributed by atoms with Crippen LogP contribution in [0.25, 0.3) is 5.78 Å². The topological polar surface area (TPSA) is 125 Å². The number of aromatic nitrogens is 4. The van der Waals surface area contributed by atoms with Crippen LogP contribution in [0.15, 0.2) is 29.4 Å². The first-order valence-corrected chi connectivity index (χ1v) is 11.1. The molecule has 0 aliphatic carbocycles. The van der Waals surface area contributed by atoms with Crippen molar-refractivity contribution in [1.82, 2.24) is 19.6 Å². The van der Waals surface area contributed by atoms with Crippen molar-refractivity contribution in [3.8, 4) is 0 Å². The van der Waals surface area contributed by atoms with E-state index in [1.165, 1.54) is 19.1 Å². The molecule has 0 aliphatic rings. The van der Waals surface area contributed by atoms with Crippen molar-refractivity contribution in [3.63, 3.8) is 0 Å². The van der Waals surface area contributed by atoms with E-state index < -0.39 is 38.8 Å². The fourth-order valence-corrected chi connectivity index (χ4v) is 3.87. The maximum absolute atomic E-state index is 13.4. The summed E-state index contributed by atoms with van der Waals surface area (Å²) in [6.45, 7) is 5.17. The van der Waals surface area contributed by atoms with Crippen LogP contribution in [0.2, 0.25) is 0 Å². The number of rotatable bonds is 8. The summed E-state index contributed by atoms with van der Waals surface area (Å²) in [5.74, 6) is -1.35. The molecule has 0 amide bonds. The molecule has 1 N–H and O–H groups in total. The average molecular weight is 487 g/mol. The van der Waals surface area contributed by atoms with Gasteiger partial charge in [-0.2, -0.15) is 31.1 Å². The smallest absolute Gasteiger partial charge is 0.433 e. The van der Waals surface area contributed by atoms with E-state index in [0.29, 0.717) is 16.7 Å². The molecule has 1 aromatic carbocycles. The zero-order chi connectivity index (χ0) is 24.4. The van der Waals surface area contributed by atoms with Gasteiger partial charge < -0.3 is 9.47 Å². The molecule has 0 atom stereocenters. The molecule has 0 saturated carbocycles. The fourth-order valence-electron chi connectivity index (χ4n) is 2.85. The number of ether oxygens (including phenoxy) is 2. The van der Waals surface area contributed by atoms with Gasteiger partial charge >= 0.3 is 12.1 Å². The fraction of sp³-hybridized carbons (Fsp3) is 0.368. The number of benzene rings is 1. The van der Waals surface area contributed by atoms with Gasteiger partial charge in [0.15, 0.2) is 5.69 Å². The Morgan fingerprint density at radius 1 is 1.18 bits per heavy atom. The minimum atomic E-state index is -4.82. The van der Waals surface area contributed by atoms with Crippen molar-refractivity contribution in [2.24, 2.45) is 0 Å². The lowest BCUT2D eigenvalue weighted by molar-refractivity contribution is -0.142. The Kier molecular flexibility index (Phi) is 6.88. The van der Waals surface area contributed by atoms with Gasteiger partial charge in [-0.1, -0.05) is 12.1 Å². The summed E-state index contributed by atoms with van der Waals surface area (Å²) in [5.41, 5.74) is -1.09. The molecule has 0 unspecified atom stereocenters. The van der Waals surface area contributed by atoms with Gasteiger partial charge in [-0.15, -0.1) is 5.10 Å². The molecular formula is C19H20F3N5O5S. The number of anilines is 1. The Morgan fingerprint density at radius 2 is 1.91 bits per heavy atom. The highest BCUT2D eigenvalue weighted by molar-refractivity contribution is 7.92. The number of halogens is 3. The molecule has 0 bridgehead atoms. The number of esters is 1. The summed E-state index contributed by atoms with van der Waals surface area (Å²) in [6, 6.07) is 5.14. The van der Waals surface area contributed by atoms with Gasteiger partial charge in [-0.05, 0) is 38.5 Å². The Labute approximate surface area is 186 Å². The Balaban J connectivity index is 1.97. The maximum atomic E-state index is 13.4. The number of para-hydroxylation sites is 1. The predicted molar refractivity (Wildman–Crippen MR) is 109 cm³/mol. The normalized spacial score (nSPS) is 12.2. The van der Waals surface area contributed by atoms with Gasteiger partial charge in [-0.25, -0.2) is 9.78 Å². The Morgan fingerprint density at radius 3 is 2.58 bits per heavy atom. The number of sulfonamides is 1. The first-order valence-electron chi connectivity index (χ1n) is 9.63. The Hall–Kier alpha value is -3.26. The molecule has 178 valence electrons. The second kappa shape index (κ2) is 9.31. The third-order valence-corrected chi connectivity index (χ3v) is 5.47. The number of carbonyl (C=O) groups is 1. The van der Waals surface area contributed by atoms with Crippen molar-refractivity contribution in [1.29, 1.82) is 0 Å². The van der Waals surface area contributed by atoms with E-state index in [1.54, 1.807) is 19.9 Å². The molecule has 10 nitrogen and oxygen atoms in total. The summed E-state index contributed by atoms with van der Waals surface area (Å²) in [6.07, 6.45) is -4.82. The summed E-state index contributed by atoms with van der Waals surface area (Å²) in [5, 5.41) is 2.56. The number of nitrogens with one attached hydrogen (secondary N) is 1. The van der Waals surface area contributed by atoms with Crippen LogP contribution >= 0.6 is 0 Å². The van der Waals surface area contributed by atoms with Gasteiger partial charge in [0, 0.05) is 12.3 Å². The SMILES string of the molecule is CCOCCOC(=O)c1cccc(C)c1NS(=O)(=O)c1nc2nc(C)cc(C(F)(F)F)n2n1. The van der Waals surface area contributed by atoms with Crippen molar-refractivity contribution in [2.75, 3.05) is 24.5 Å². The lowest BCUT2D eigenvalue weighted by Crippen LogP contribution is -2.19. The van der Waals surface area contributed by atoms with Gasteiger partial charge in [0.25, 0.3) is 21.0 Å². The van der Waals surface area contributed by atoms with Crippen LogP contribution in [0.3, 0.4) is 0 Å². The molecular weight excluding hydrogens is 467 g/mol. The predicted octanol–water partition coefficient (Wildman–Crippen LogP) is 2.75. The van der Waals surface area contributed by atoms with E-state index in [-0.39, 0.29) is 30.2 Å². The third kappa shape index (κ3) is 5.39. The number of alkyl halides is 3. The number of hydrogen-bond donors (Lipinski definition) is 1. The number of carbonyl (C=O) groups excluding carboxylic acids is 1. The molecule has 0 saturated heterocycles. The van der Waals surface area contributed by atoms with Crippen molar-refractivity contribution < 1.29 is 35.9 Å². The number of hydrogen-bond acceptors (Lipinski definition) is 8. The second-order valence-electron chi connectivity index (χ2n) is 6.82. The monoisotopic (exact) mass is 487 g/mol. The summed E-state index contributed by atoms with van der Waals surface area (Å²) in [4.78, 5) is 19.9. The highest BCUT2D eigenvalue weighted by Crippen LogP contribution is 2.30. The van der Waals surface area contributed by atoms with Crippen LogP contribution in [-0.2, 0) is 25.7 Å². The maximum Gasteiger partial charge on any atom is 0.433 e. The first-order chi connectivity index (χ1) is 15.4. The van der Waals surface area contributed by atoms with Gasteiger partial charge in [0.1, 0.15) is 6.61 Å². The van der Waals surface area contributed by atoms with Crippen LogP contribution in [0, 0.1) is 13.8 Å². The van der Waals surface area contributed by atoms with Crippen LogP contribution in [0.5, 0.6) is 0 Å². The molecule has 2 aromatic heterocycles. The second-order valence-corrected chi connectivity index (χ2v) is 8.40. The molecule has 0 aliphatic heterocycles. The van der Waals surface area contributed by atoms with Crippen molar-refractivity contribution in [2.45, 2.75) is 32.1 Å². The molecule has 14 heteroatoms. The van der Waals surface area contributed by atoms with Gasteiger partial charge in [0.05, 0.1) is 17.9 Å². The molecule has 0 radical (unpaired) electrons. The molecule has 2 heterocycles.